The highest BCUT2D eigenvalue weighted by molar-refractivity contribution is 6.30. The first-order chi connectivity index (χ1) is 13.1. The monoisotopic (exact) mass is 383 g/mol. The minimum absolute atomic E-state index is 0.0228. The Morgan fingerprint density at radius 3 is 2.44 bits per heavy atom. The summed E-state index contributed by atoms with van der Waals surface area (Å²) in [6.07, 6.45) is 0.531. The van der Waals surface area contributed by atoms with E-state index in [1.807, 2.05) is 54.6 Å². The molecule has 4 rings (SSSR count). The van der Waals surface area contributed by atoms with Gasteiger partial charge in [0.25, 0.3) is 0 Å². The van der Waals surface area contributed by atoms with E-state index < -0.39 is 12.1 Å². The van der Waals surface area contributed by atoms with E-state index in [0.29, 0.717) is 24.5 Å². The molecule has 2 aromatic rings. The Morgan fingerprint density at radius 2 is 1.70 bits per heavy atom. The number of nitrogens with zero attached hydrogens (tertiary/aromatic N) is 2. The summed E-state index contributed by atoms with van der Waals surface area (Å²) >= 11 is 5.94. The second kappa shape index (κ2) is 7.71. The van der Waals surface area contributed by atoms with Gasteiger partial charge in [-0.15, -0.1) is 0 Å². The first kappa shape index (κ1) is 18.0. The number of hydrogen-bond acceptors (Lipinski definition) is 3. The molecule has 140 valence electrons. The van der Waals surface area contributed by atoms with Gasteiger partial charge in [0.15, 0.2) is 0 Å². The van der Waals surface area contributed by atoms with Gasteiger partial charge in [0.2, 0.25) is 11.8 Å². The van der Waals surface area contributed by atoms with Crippen molar-refractivity contribution in [2.24, 2.45) is 0 Å². The van der Waals surface area contributed by atoms with Gasteiger partial charge in [-0.3, -0.25) is 14.5 Å². The van der Waals surface area contributed by atoms with Crippen LogP contribution >= 0.6 is 11.6 Å². The van der Waals surface area contributed by atoms with Crippen LogP contribution in [0.25, 0.3) is 0 Å². The molecule has 0 saturated carbocycles. The molecule has 2 amide bonds. The average molecular weight is 384 g/mol. The topological polar surface area (TPSA) is 52.7 Å². The summed E-state index contributed by atoms with van der Waals surface area (Å²) < 4.78 is 0. The van der Waals surface area contributed by atoms with E-state index in [9.17, 15) is 9.59 Å². The maximum absolute atomic E-state index is 12.9. The van der Waals surface area contributed by atoms with Gasteiger partial charge in [-0.1, -0.05) is 54.1 Å². The van der Waals surface area contributed by atoms with Crippen LogP contribution in [0.15, 0.2) is 54.6 Å². The largest absolute Gasteiger partial charge is 0.342 e. The molecule has 1 N–H and O–H groups in total. The Bertz CT molecular complexity index is 825. The Hall–Kier alpha value is -2.37. The van der Waals surface area contributed by atoms with Crippen molar-refractivity contribution >= 4 is 23.4 Å². The third-order valence-corrected chi connectivity index (χ3v) is 5.52. The molecule has 0 bridgehead atoms. The van der Waals surface area contributed by atoms with E-state index in [4.69, 9.17) is 11.6 Å². The molecule has 2 heterocycles. The van der Waals surface area contributed by atoms with E-state index in [0.717, 1.165) is 24.2 Å². The fourth-order valence-electron chi connectivity index (χ4n) is 3.84. The second-order valence-electron chi connectivity index (χ2n) is 7.16. The summed E-state index contributed by atoms with van der Waals surface area (Å²) in [6, 6.07) is 16.7. The number of piperazine rings is 2. The van der Waals surface area contributed by atoms with Crippen molar-refractivity contribution in [3.63, 3.8) is 0 Å². The smallest absolute Gasteiger partial charge is 0.246 e. The molecule has 0 spiro atoms. The van der Waals surface area contributed by atoms with Crippen molar-refractivity contribution in [3.8, 4) is 0 Å². The Balaban J connectivity index is 1.41. The molecule has 2 atom stereocenters. The summed E-state index contributed by atoms with van der Waals surface area (Å²) in [6.45, 7) is 2.64. The lowest BCUT2D eigenvalue weighted by atomic mass is 9.98. The standard InChI is InChI=1S/C21H22ClN3O2/c22-17-8-6-16(7-9-17)13-24-10-11-25-19(14-24)20(26)23-18(21(25)27)12-15-4-2-1-3-5-15/h1-9,18-19H,10-14H2,(H,23,26)/t18-,19+/m0/s1. The van der Waals surface area contributed by atoms with E-state index >= 15 is 0 Å². The SMILES string of the molecule is O=C1N[C@@H](Cc2ccccc2)C(=O)N2CCN(Cc3ccc(Cl)cc3)C[C@H]12. The molecule has 2 aromatic carbocycles. The van der Waals surface area contributed by atoms with Crippen molar-refractivity contribution in [3.05, 3.63) is 70.7 Å². The van der Waals surface area contributed by atoms with Crippen molar-refractivity contribution in [2.75, 3.05) is 19.6 Å². The fourth-order valence-corrected chi connectivity index (χ4v) is 3.96. The van der Waals surface area contributed by atoms with Gasteiger partial charge < -0.3 is 10.2 Å². The quantitative estimate of drug-likeness (QED) is 0.879. The number of benzene rings is 2. The Morgan fingerprint density at radius 1 is 0.963 bits per heavy atom. The van der Waals surface area contributed by atoms with Crippen LogP contribution in [0.1, 0.15) is 11.1 Å². The van der Waals surface area contributed by atoms with Crippen LogP contribution in [0.5, 0.6) is 0 Å². The zero-order valence-corrected chi connectivity index (χ0v) is 15.7. The normalized spacial score (nSPS) is 23.1. The number of fused-ring (bicyclic) bond motifs is 1. The minimum atomic E-state index is -0.473. The molecule has 6 heteroatoms. The zero-order valence-electron chi connectivity index (χ0n) is 15.0. The van der Waals surface area contributed by atoms with Crippen LogP contribution in [0.3, 0.4) is 0 Å². The van der Waals surface area contributed by atoms with Crippen LogP contribution in [-0.4, -0.2) is 53.3 Å². The van der Waals surface area contributed by atoms with Crippen LogP contribution < -0.4 is 5.32 Å². The molecular formula is C21H22ClN3O2. The fraction of sp³-hybridized carbons (Fsp3) is 0.333. The number of rotatable bonds is 4. The highest BCUT2D eigenvalue weighted by Gasteiger charge is 2.43. The van der Waals surface area contributed by atoms with E-state index in [2.05, 4.69) is 10.2 Å². The first-order valence-corrected chi connectivity index (χ1v) is 9.59. The van der Waals surface area contributed by atoms with Gasteiger partial charge in [0.05, 0.1) is 0 Å². The van der Waals surface area contributed by atoms with Crippen molar-refractivity contribution in [1.82, 2.24) is 15.1 Å². The maximum Gasteiger partial charge on any atom is 0.246 e. The average Bonchev–Trinajstić information content (AvgIpc) is 2.68. The molecule has 0 unspecified atom stereocenters. The molecule has 5 nitrogen and oxygen atoms in total. The van der Waals surface area contributed by atoms with E-state index in [1.165, 1.54) is 0 Å². The highest BCUT2D eigenvalue weighted by Crippen LogP contribution is 2.20. The number of carbonyl (C=O) groups excluding carboxylic acids is 2. The van der Waals surface area contributed by atoms with Gasteiger partial charge in [0.1, 0.15) is 12.1 Å². The second-order valence-corrected chi connectivity index (χ2v) is 7.60. The molecule has 27 heavy (non-hydrogen) atoms. The lowest BCUT2D eigenvalue weighted by molar-refractivity contribution is -0.153. The third-order valence-electron chi connectivity index (χ3n) is 5.27. The first-order valence-electron chi connectivity index (χ1n) is 9.22. The van der Waals surface area contributed by atoms with Gasteiger partial charge in [0, 0.05) is 37.6 Å². The van der Waals surface area contributed by atoms with Crippen molar-refractivity contribution in [2.45, 2.75) is 25.0 Å². The lowest BCUT2D eigenvalue weighted by Gasteiger charge is -2.45. The van der Waals surface area contributed by atoms with Crippen LogP contribution in [0.4, 0.5) is 0 Å². The van der Waals surface area contributed by atoms with E-state index in [1.54, 1.807) is 4.90 Å². The number of carbonyl (C=O) groups is 2. The number of hydrogen-bond donors (Lipinski definition) is 1. The molecule has 0 aromatic heterocycles. The maximum atomic E-state index is 12.9. The predicted molar refractivity (Wildman–Crippen MR) is 104 cm³/mol. The molecule has 0 aliphatic carbocycles. The number of halogens is 1. The van der Waals surface area contributed by atoms with Gasteiger partial charge in [-0.25, -0.2) is 0 Å². The van der Waals surface area contributed by atoms with Crippen LogP contribution in [-0.2, 0) is 22.6 Å². The molecular weight excluding hydrogens is 362 g/mol. The summed E-state index contributed by atoms with van der Waals surface area (Å²) in [5.74, 6) is -0.0362. The molecule has 2 fully saturated rings. The van der Waals surface area contributed by atoms with Gasteiger partial charge in [-0.05, 0) is 23.3 Å². The molecule has 2 aliphatic rings. The van der Waals surface area contributed by atoms with Crippen LogP contribution in [0.2, 0.25) is 5.02 Å². The summed E-state index contributed by atoms with van der Waals surface area (Å²) in [4.78, 5) is 29.5. The minimum Gasteiger partial charge on any atom is -0.342 e. The molecule has 0 radical (unpaired) electrons. The third kappa shape index (κ3) is 3.99. The van der Waals surface area contributed by atoms with Crippen molar-refractivity contribution < 1.29 is 9.59 Å². The zero-order chi connectivity index (χ0) is 18.8. The summed E-state index contributed by atoms with van der Waals surface area (Å²) in [7, 11) is 0. The summed E-state index contributed by atoms with van der Waals surface area (Å²) in [5.41, 5.74) is 2.20. The van der Waals surface area contributed by atoms with Gasteiger partial charge >= 0.3 is 0 Å². The summed E-state index contributed by atoms with van der Waals surface area (Å²) in [5, 5.41) is 3.64. The predicted octanol–water partition coefficient (Wildman–Crippen LogP) is 2.09. The highest BCUT2D eigenvalue weighted by atomic mass is 35.5. The number of nitrogens with one attached hydrogen (secondary N) is 1. The Labute approximate surface area is 163 Å². The van der Waals surface area contributed by atoms with Crippen LogP contribution in [0, 0.1) is 0 Å². The Kier molecular flexibility index (Phi) is 5.14. The lowest BCUT2D eigenvalue weighted by Crippen LogP contribution is -2.69. The molecule has 2 aliphatic heterocycles. The van der Waals surface area contributed by atoms with E-state index in [-0.39, 0.29) is 11.8 Å². The number of amides is 2. The van der Waals surface area contributed by atoms with Gasteiger partial charge in [-0.2, -0.15) is 0 Å². The molecule has 2 saturated heterocycles. The van der Waals surface area contributed by atoms with Crippen molar-refractivity contribution in [1.29, 1.82) is 0 Å².